The van der Waals surface area contributed by atoms with Gasteiger partial charge in [-0.25, -0.2) is 4.39 Å². The minimum absolute atomic E-state index is 0.257. The van der Waals surface area contributed by atoms with E-state index in [1.165, 1.54) is 0 Å². The Morgan fingerprint density at radius 3 is 2.54 bits per heavy atom. The Morgan fingerprint density at radius 1 is 1.21 bits per heavy atom. The van der Waals surface area contributed by atoms with Crippen LogP contribution in [0.4, 0.5) is 4.39 Å². The second-order valence-electron chi connectivity index (χ2n) is 5.54. The lowest BCUT2D eigenvalue weighted by Gasteiger charge is -2.18. The van der Waals surface area contributed by atoms with E-state index in [2.05, 4.69) is 11.7 Å². The van der Waals surface area contributed by atoms with Gasteiger partial charge >= 0.3 is 0 Å². The maximum absolute atomic E-state index is 14.6. The smallest absolute Gasteiger partial charge is 0.171 e. The van der Waals surface area contributed by atoms with Crippen LogP contribution >= 0.6 is 0 Å². The zero-order valence-electron chi connectivity index (χ0n) is 15.2. The summed E-state index contributed by atoms with van der Waals surface area (Å²) in [6.45, 7) is 12.4. The van der Waals surface area contributed by atoms with Gasteiger partial charge in [-0.05, 0) is 38.3 Å². The van der Waals surface area contributed by atoms with Gasteiger partial charge in [0.05, 0.1) is 12.3 Å². The number of hydrogen-bond acceptors (Lipinski definition) is 4. The lowest BCUT2D eigenvalue weighted by atomic mass is 10.0. The van der Waals surface area contributed by atoms with Gasteiger partial charge in [0.25, 0.3) is 0 Å². The Labute approximate surface area is 144 Å². The molecule has 0 atom stereocenters. The third-order valence-electron chi connectivity index (χ3n) is 3.32. The largest absolute Gasteiger partial charge is 0.493 e. The van der Waals surface area contributed by atoms with E-state index in [0.717, 1.165) is 17.7 Å². The van der Waals surface area contributed by atoms with Crippen LogP contribution in [0, 0.1) is 5.82 Å². The average molecular weight is 337 g/mol. The standard InChI is InChI=1S/C19H28FNO3/c1-6-10-22-17-13-15(7-2)19(16(8-3)18(17)20)23-11-9-12-24-21-14(4)5/h6,13H,1,7-12H2,2-5H3. The van der Waals surface area contributed by atoms with Crippen LogP contribution < -0.4 is 9.47 Å². The Morgan fingerprint density at radius 2 is 1.96 bits per heavy atom. The first-order valence-corrected chi connectivity index (χ1v) is 8.38. The summed E-state index contributed by atoms with van der Waals surface area (Å²) in [6.07, 6.45) is 3.55. The van der Waals surface area contributed by atoms with Gasteiger partial charge in [0.15, 0.2) is 11.6 Å². The molecule has 0 amide bonds. The highest BCUT2D eigenvalue weighted by Gasteiger charge is 2.18. The van der Waals surface area contributed by atoms with Gasteiger partial charge in [-0.3, -0.25) is 0 Å². The molecule has 0 fully saturated rings. The molecule has 0 saturated heterocycles. The molecule has 4 nitrogen and oxygen atoms in total. The number of aryl methyl sites for hydroxylation is 1. The van der Waals surface area contributed by atoms with E-state index >= 15 is 0 Å². The lowest BCUT2D eigenvalue weighted by Crippen LogP contribution is -2.08. The van der Waals surface area contributed by atoms with Crippen molar-refractivity contribution in [3.63, 3.8) is 0 Å². The van der Waals surface area contributed by atoms with Crippen LogP contribution in [0.2, 0.25) is 0 Å². The van der Waals surface area contributed by atoms with E-state index in [4.69, 9.17) is 14.3 Å². The summed E-state index contributed by atoms with van der Waals surface area (Å²) in [7, 11) is 0. The summed E-state index contributed by atoms with van der Waals surface area (Å²) >= 11 is 0. The molecule has 0 radical (unpaired) electrons. The predicted octanol–water partition coefficient (Wildman–Crippen LogP) is 4.70. The highest BCUT2D eigenvalue weighted by Crippen LogP contribution is 2.34. The maximum Gasteiger partial charge on any atom is 0.171 e. The van der Waals surface area contributed by atoms with Crippen molar-refractivity contribution < 1.29 is 18.7 Å². The van der Waals surface area contributed by atoms with Crippen LogP contribution in [0.15, 0.2) is 23.9 Å². The topological polar surface area (TPSA) is 40.0 Å². The Balaban J connectivity index is 2.82. The van der Waals surface area contributed by atoms with E-state index in [1.807, 2.05) is 27.7 Å². The molecule has 24 heavy (non-hydrogen) atoms. The van der Waals surface area contributed by atoms with Crippen LogP contribution in [0.3, 0.4) is 0 Å². The summed E-state index contributed by atoms with van der Waals surface area (Å²) in [5, 5.41) is 3.87. The minimum atomic E-state index is -0.353. The van der Waals surface area contributed by atoms with E-state index in [-0.39, 0.29) is 18.2 Å². The fraction of sp³-hybridized carbons (Fsp3) is 0.526. The van der Waals surface area contributed by atoms with Crippen molar-refractivity contribution in [3.05, 3.63) is 35.7 Å². The van der Waals surface area contributed by atoms with Crippen LogP contribution in [0.25, 0.3) is 0 Å². The molecule has 0 unspecified atom stereocenters. The van der Waals surface area contributed by atoms with Crippen LogP contribution in [-0.2, 0) is 17.7 Å². The van der Waals surface area contributed by atoms with Crippen molar-refractivity contribution in [1.29, 1.82) is 0 Å². The van der Waals surface area contributed by atoms with E-state index < -0.39 is 0 Å². The molecule has 0 aliphatic heterocycles. The summed E-state index contributed by atoms with van der Waals surface area (Å²) < 4.78 is 25.9. The number of hydrogen-bond donors (Lipinski definition) is 0. The normalized spacial score (nSPS) is 10.2. The van der Waals surface area contributed by atoms with Crippen LogP contribution in [0.1, 0.15) is 45.2 Å². The van der Waals surface area contributed by atoms with Gasteiger partial charge in [-0.15, -0.1) is 0 Å². The number of benzene rings is 1. The molecule has 0 bridgehead atoms. The Hall–Kier alpha value is -2.04. The molecule has 0 N–H and O–H groups in total. The lowest BCUT2D eigenvalue weighted by molar-refractivity contribution is 0.127. The fourth-order valence-corrected chi connectivity index (χ4v) is 2.21. The molecule has 1 rings (SSSR count). The molecule has 0 aromatic heterocycles. The molecule has 134 valence electrons. The zero-order valence-corrected chi connectivity index (χ0v) is 15.2. The summed E-state index contributed by atoms with van der Waals surface area (Å²) in [6, 6.07) is 1.72. The van der Waals surface area contributed by atoms with Crippen molar-refractivity contribution in [2.75, 3.05) is 19.8 Å². The fourth-order valence-electron chi connectivity index (χ4n) is 2.21. The second kappa shape index (κ2) is 10.7. The quantitative estimate of drug-likeness (QED) is 0.254. The molecule has 0 aliphatic rings. The van der Waals surface area contributed by atoms with Gasteiger partial charge < -0.3 is 14.3 Å². The first-order valence-electron chi connectivity index (χ1n) is 8.38. The van der Waals surface area contributed by atoms with Gasteiger partial charge in [0.2, 0.25) is 0 Å². The first-order chi connectivity index (χ1) is 11.5. The summed E-state index contributed by atoms with van der Waals surface area (Å²) in [5.74, 6) is 0.527. The van der Waals surface area contributed by atoms with Gasteiger partial charge in [-0.2, -0.15) is 0 Å². The Bertz CT molecular complexity index is 566. The first kappa shape index (κ1) is 20.0. The average Bonchev–Trinajstić information content (AvgIpc) is 2.56. The van der Waals surface area contributed by atoms with Crippen molar-refractivity contribution in [3.8, 4) is 11.5 Å². The van der Waals surface area contributed by atoms with Crippen molar-refractivity contribution in [2.24, 2.45) is 5.16 Å². The highest BCUT2D eigenvalue weighted by molar-refractivity contribution is 5.78. The van der Waals surface area contributed by atoms with Crippen molar-refractivity contribution >= 4 is 5.71 Å². The number of rotatable bonds is 11. The SMILES string of the molecule is C=CCOc1cc(CC)c(OCCCON=C(C)C)c(CC)c1F. The van der Waals surface area contributed by atoms with Crippen LogP contribution in [0.5, 0.6) is 11.5 Å². The summed E-state index contributed by atoms with van der Waals surface area (Å²) in [5.41, 5.74) is 2.36. The molecule has 0 saturated carbocycles. The van der Waals surface area contributed by atoms with Gasteiger partial charge in [-0.1, -0.05) is 31.7 Å². The Kier molecular flexibility index (Phi) is 8.90. The minimum Gasteiger partial charge on any atom is -0.493 e. The second-order valence-corrected chi connectivity index (χ2v) is 5.54. The van der Waals surface area contributed by atoms with E-state index in [9.17, 15) is 4.39 Å². The van der Waals surface area contributed by atoms with Crippen molar-refractivity contribution in [2.45, 2.75) is 47.0 Å². The molecule has 5 heteroatoms. The zero-order chi connectivity index (χ0) is 17.9. The summed E-state index contributed by atoms with van der Waals surface area (Å²) in [4.78, 5) is 5.14. The molecule has 0 aliphatic carbocycles. The third kappa shape index (κ3) is 5.87. The molecular formula is C19H28FNO3. The molecule has 0 heterocycles. The highest BCUT2D eigenvalue weighted by atomic mass is 19.1. The third-order valence-corrected chi connectivity index (χ3v) is 3.32. The molecule has 0 spiro atoms. The van der Waals surface area contributed by atoms with E-state index in [1.54, 1.807) is 12.1 Å². The van der Waals surface area contributed by atoms with E-state index in [0.29, 0.717) is 37.4 Å². The van der Waals surface area contributed by atoms with Gasteiger partial charge in [0.1, 0.15) is 19.0 Å². The predicted molar refractivity (Wildman–Crippen MR) is 95.7 cm³/mol. The molecule has 1 aromatic carbocycles. The number of nitrogens with zero attached hydrogens (tertiary/aromatic N) is 1. The van der Waals surface area contributed by atoms with Crippen molar-refractivity contribution in [1.82, 2.24) is 0 Å². The van der Waals surface area contributed by atoms with Crippen LogP contribution in [-0.4, -0.2) is 25.5 Å². The monoisotopic (exact) mass is 337 g/mol. The molecular weight excluding hydrogens is 309 g/mol. The number of halogens is 1. The molecule has 1 aromatic rings. The number of ether oxygens (including phenoxy) is 2. The van der Waals surface area contributed by atoms with Gasteiger partial charge in [0, 0.05) is 12.0 Å². The maximum atomic E-state index is 14.6. The number of oxime groups is 1.